The van der Waals surface area contributed by atoms with Crippen molar-refractivity contribution in [2.75, 3.05) is 5.32 Å². The van der Waals surface area contributed by atoms with Crippen molar-refractivity contribution in [3.8, 4) is 0 Å². The minimum Gasteiger partial charge on any atom is -0.359 e. The molecule has 0 atom stereocenters. The SMILES string of the molecule is CC(C)(C)c1cc(NC(=O)c2nc3ncccn3n2)no1. The van der Waals surface area contributed by atoms with Gasteiger partial charge in [-0.1, -0.05) is 25.9 Å². The van der Waals surface area contributed by atoms with E-state index in [1.165, 1.54) is 4.52 Å². The number of anilines is 1. The van der Waals surface area contributed by atoms with E-state index in [4.69, 9.17) is 4.52 Å². The Morgan fingerprint density at radius 3 is 2.86 bits per heavy atom. The van der Waals surface area contributed by atoms with Gasteiger partial charge in [-0.15, -0.1) is 5.10 Å². The lowest BCUT2D eigenvalue weighted by atomic mass is 9.93. The van der Waals surface area contributed by atoms with Gasteiger partial charge in [0.2, 0.25) is 5.82 Å². The van der Waals surface area contributed by atoms with Crippen molar-refractivity contribution in [2.45, 2.75) is 26.2 Å². The van der Waals surface area contributed by atoms with Gasteiger partial charge in [-0.2, -0.15) is 4.98 Å². The highest BCUT2D eigenvalue weighted by atomic mass is 16.5. The first-order chi connectivity index (χ1) is 9.93. The van der Waals surface area contributed by atoms with Crippen LogP contribution in [0.5, 0.6) is 0 Å². The van der Waals surface area contributed by atoms with E-state index in [2.05, 4.69) is 25.5 Å². The molecule has 0 bridgehead atoms. The zero-order chi connectivity index (χ0) is 15.0. The molecule has 8 nitrogen and oxygen atoms in total. The third-order valence-electron chi connectivity index (χ3n) is 2.81. The maximum atomic E-state index is 12.1. The number of amides is 1. The number of carbonyl (C=O) groups is 1. The van der Waals surface area contributed by atoms with Gasteiger partial charge in [0.05, 0.1) is 0 Å². The minimum absolute atomic E-state index is 0.0222. The summed E-state index contributed by atoms with van der Waals surface area (Å²) in [6.07, 6.45) is 3.25. The molecule has 0 fully saturated rings. The van der Waals surface area contributed by atoms with Gasteiger partial charge in [-0.3, -0.25) is 4.79 Å². The fourth-order valence-corrected chi connectivity index (χ4v) is 1.69. The second kappa shape index (κ2) is 4.65. The van der Waals surface area contributed by atoms with Crippen LogP contribution < -0.4 is 5.32 Å². The molecule has 0 radical (unpaired) electrons. The molecule has 0 aliphatic heterocycles. The maximum Gasteiger partial charge on any atom is 0.296 e. The van der Waals surface area contributed by atoms with Crippen LogP contribution >= 0.6 is 0 Å². The number of hydrogen-bond acceptors (Lipinski definition) is 6. The summed E-state index contributed by atoms with van der Waals surface area (Å²) in [6.45, 7) is 5.98. The van der Waals surface area contributed by atoms with Gasteiger partial charge < -0.3 is 9.84 Å². The first-order valence-corrected chi connectivity index (χ1v) is 6.39. The Labute approximate surface area is 120 Å². The van der Waals surface area contributed by atoms with E-state index in [0.29, 0.717) is 17.4 Å². The largest absolute Gasteiger partial charge is 0.359 e. The van der Waals surface area contributed by atoms with Gasteiger partial charge >= 0.3 is 0 Å². The molecule has 0 spiro atoms. The molecular formula is C13H14N6O2. The average molecular weight is 286 g/mol. The number of rotatable bonds is 2. The third kappa shape index (κ3) is 2.60. The Balaban J connectivity index is 1.81. The minimum atomic E-state index is -0.464. The summed E-state index contributed by atoms with van der Waals surface area (Å²) < 4.78 is 6.63. The number of fused-ring (bicyclic) bond motifs is 1. The summed E-state index contributed by atoms with van der Waals surface area (Å²) in [7, 11) is 0. The molecule has 3 heterocycles. The monoisotopic (exact) mass is 286 g/mol. The van der Waals surface area contributed by atoms with Crippen LogP contribution in [0.4, 0.5) is 5.82 Å². The van der Waals surface area contributed by atoms with Crippen LogP contribution in [0.2, 0.25) is 0 Å². The van der Waals surface area contributed by atoms with Crippen LogP contribution in [-0.2, 0) is 5.41 Å². The van der Waals surface area contributed by atoms with E-state index in [1.54, 1.807) is 24.5 Å². The molecule has 1 N–H and O–H groups in total. The molecule has 21 heavy (non-hydrogen) atoms. The van der Waals surface area contributed by atoms with Crippen LogP contribution in [0.3, 0.4) is 0 Å². The van der Waals surface area contributed by atoms with E-state index in [0.717, 1.165) is 0 Å². The maximum absolute atomic E-state index is 12.1. The molecule has 3 rings (SSSR count). The highest BCUT2D eigenvalue weighted by Crippen LogP contribution is 2.24. The van der Waals surface area contributed by atoms with E-state index in [9.17, 15) is 4.79 Å². The van der Waals surface area contributed by atoms with Gasteiger partial charge in [0.15, 0.2) is 5.82 Å². The van der Waals surface area contributed by atoms with E-state index >= 15 is 0 Å². The molecule has 3 aromatic heterocycles. The summed E-state index contributed by atoms with van der Waals surface area (Å²) in [5.74, 6) is 0.931. The fourth-order valence-electron chi connectivity index (χ4n) is 1.69. The molecule has 8 heteroatoms. The van der Waals surface area contributed by atoms with Gasteiger partial charge in [0.25, 0.3) is 11.7 Å². The van der Waals surface area contributed by atoms with E-state index in [-0.39, 0.29) is 11.2 Å². The number of carbonyl (C=O) groups excluding carboxylic acids is 1. The van der Waals surface area contributed by atoms with Crippen LogP contribution in [0.25, 0.3) is 5.78 Å². The Morgan fingerprint density at radius 2 is 2.19 bits per heavy atom. The Kier molecular flexibility index (Phi) is 2.93. The summed E-state index contributed by atoms with van der Waals surface area (Å²) in [5.41, 5.74) is -0.179. The molecule has 0 aliphatic rings. The van der Waals surface area contributed by atoms with Crippen molar-refractivity contribution in [1.82, 2.24) is 24.7 Å². The lowest BCUT2D eigenvalue weighted by molar-refractivity contribution is 0.101. The van der Waals surface area contributed by atoms with Crippen LogP contribution in [-0.4, -0.2) is 30.6 Å². The Bertz CT molecular complexity index is 765. The lowest BCUT2D eigenvalue weighted by Gasteiger charge is -2.11. The van der Waals surface area contributed by atoms with Crippen molar-refractivity contribution in [2.24, 2.45) is 0 Å². The summed E-state index contributed by atoms with van der Waals surface area (Å²) in [5, 5.41) is 10.5. The van der Waals surface area contributed by atoms with Crippen molar-refractivity contribution in [1.29, 1.82) is 0 Å². The number of aromatic nitrogens is 5. The van der Waals surface area contributed by atoms with Gasteiger partial charge in [-0.05, 0) is 6.07 Å². The van der Waals surface area contributed by atoms with E-state index < -0.39 is 5.91 Å². The molecule has 108 valence electrons. The first kappa shape index (κ1) is 13.2. The highest BCUT2D eigenvalue weighted by Gasteiger charge is 2.21. The van der Waals surface area contributed by atoms with Crippen molar-refractivity contribution >= 4 is 17.5 Å². The molecule has 0 saturated carbocycles. The van der Waals surface area contributed by atoms with Gasteiger partial charge in [-0.25, -0.2) is 9.50 Å². The van der Waals surface area contributed by atoms with Crippen molar-refractivity contribution in [3.05, 3.63) is 36.1 Å². The molecule has 1 amide bonds. The Hall–Kier alpha value is -2.77. The number of nitrogens with one attached hydrogen (secondary N) is 1. The zero-order valence-corrected chi connectivity index (χ0v) is 11.9. The molecule has 3 aromatic rings. The van der Waals surface area contributed by atoms with Crippen LogP contribution in [0.1, 0.15) is 37.2 Å². The lowest BCUT2D eigenvalue weighted by Crippen LogP contribution is -2.14. The quantitative estimate of drug-likeness (QED) is 0.769. The third-order valence-corrected chi connectivity index (χ3v) is 2.81. The number of nitrogens with zero attached hydrogens (tertiary/aromatic N) is 5. The van der Waals surface area contributed by atoms with E-state index in [1.807, 2.05) is 20.8 Å². The summed E-state index contributed by atoms with van der Waals surface area (Å²) >= 11 is 0. The highest BCUT2D eigenvalue weighted by molar-refractivity contribution is 6.01. The number of hydrogen-bond donors (Lipinski definition) is 1. The normalized spacial score (nSPS) is 11.8. The second-order valence-corrected chi connectivity index (χ2v) is 5.58. The molecule has 0 aliphatic carbocycles. The van der Waals surface area contributed by atoms with Crippen molar-refractivity contribution < 1.29 is 9.32 Å². The smallest absolute Gasteiger partial charge is 0.296 e. The van der Waals surface area contributed by atoms with Crippen LogP contribution in [0.15, 0.2) is 29.0 Å². The molecule has 0 unspecified atom stereocenters. The second-order valence-electron chi connectivity index (χ2n) is 5.58. The zero-order valence-electron chi connectivity index (χ0n) is 11.9. The van der Waals surface area contributed by atoms with Crippen LogP contribution in [0, 0.1) is 0 Å². The Morgan fingerprint density at radius 1 is 1.38 bits per heavy atom. The summed E-state index contributed by atoms with van der Waals surface area (Å²) in [4.78, 5) is 20.1. The average Bonchev–Trinajstić information content (AvgIpc) is 3.03. The predicted molar refractivity (Wildman–Crippen MR) is 73.9 cm³/mol. The first-order valence-electron chi connectivity index (χ1n) is 6.39. The van der Waals surface area contributed by atoms with Gasteiger partial charge in [0.1, 0.15) is 5.76 Å². The van der Waals surface area contributed by atoms with Crippen molar-refractivity contribution in [3.63, 3.8) is 0 Å². The summed E-state index contributed by atoms with van der Waals surface area (Å²) in [6, 6.07) is 3.39. The fraction of sp³-hybridized carbons (Fsp3) is 0.308. The molecule has 0 aromatic carbocycles. The standard InChI is InChI=1S/C13H14N6O2/c1-13(2,3)8-7-9(18-21-8)15-11(20)10-16-12-14-5-4-6-19(12)17-10/h4-7H,1-3H3,(H,15,18,20). The topological polar surface area (TPSA) is 98.2 Å². The van der Waals surface area contributed by atoms with Gasteiger partial charge in [0, 0.05) is 23.9 Å². The predicted octanol–water partition coefficient (Wildman–Crippen LogP) is 1.66. The molecule has 0 saturated heterocycles. The molecular weight excluding hydrogens is 272 g/mol.